The van der Waals surface area contributed by atoms with Crippen LogP contribution in [0.25, 0.3) is 0 Å². The first-order valence-corrected chi connectivity index (χ1v) is 9.05. The van der Waals surface area contributed by atoms with Crippen molar-refractivity contribution in [1.82, 2.24) is 20.1 Å². The second-order valence-corrected chi connectivity index (χ2v) is 6.74. The van der Waals surface area contributed by atoms with E-state index in [1.165, 1.54) is 6.20 Å². The number of amides is 1. The number of nitrogens with one attached hydrogen (secondary N) is 1. The van der Waals surface area contributed by atoms with Crippen LogP contribution in [-0.2, 0) is 13.1 Å². The van der Waals surface area contributed by atoms with Gasteiger partial charge in [0.05, 0.1) is 18.2 Å². The Bertz CT molecular complexity index is 910. The summed E-state index contributed by atoms with van der Waals surface area (Å²) in [6, 6.07) is 11.4. The Labute approximate surface area is 163 Å². The van der Waals surface area contributed by atoms with Crippen molar-refractivity contribution in [1.29, 1.82) is 0 Å². The van der Waals surface area contributed by atoms with Crippen LogP contribution in [0.3, 0.4) is 0 Å². The molecular formula is C20H21ClN4O2. The van der Waals surface area contributed by atoms with Gasteiger partial charge in [-0.3, -0.25) is 9.48 Å². The molecule has 27 heavy (non-hydrogen) atoms. The van der Waals surface area contributed by atoms with Crippen LogP contribution in [0.1, 0.15) is 35.3 Å². The van der Waals surface area contributed by atoms with Crippen molar-refractivity contribution >= 4 is 17.5 Å². The predicted molar refractivity (Wildman–Crippen MR) is 104 cm³/mol. The summed E-state index contributed by atoms with van der Waals surface area (Å²) in [6.45, 7) is 4.82. The lowest BCUT2D eigenvalue weighted by Crippen LogP contribution is -2.24. The van der Waals surface area contributed by atoms with Crippen LogP contribution < -0.4 is 10.1 Å². The van der Waals surface area contributed by atoms with E-state index in [9.17, 15) is 4.79 Å². The largest absolute Gasteiger partial charge is 0.474 e. The SMILES string of the molecule is CC(C)Oc1ncc(C(=O)NCc2ccccc2Cn2cccn2)cc1Cl. The molecular weight excluding hydrogens is 364 g/mol. The van der Waals surface area contributed by atoms with Crippen molar-refractivity contribution in [3.63, 3.8) is 0 Å². The van der Waals surface area contributed by atoms with Gasteiger partial charge in [0, 0.05) is 25.1 Å². The Balaban J connectivity index is 1.67. The van der Waals surface area contributed by atoms with Gasteiger partial charge in [0.25, 0.3) is 5.91 Å². The van der Waals surface area contributed by atoms with Crippen molar-refractivity contribution in [2.45, 2.75) is 33.0 Å². The normalized spacial score (nSPS) is 10.8. The van der Waals surface area contributed by atoms with Gasteiger partial charge in [-0.15, -0.1) is 0 Å². The quantitative estimate of drug-likeness (QED) is 0.674. The van der Waals surface area contributed by atoms with Crippen molar-refractivity contribution < 1.29 is 9.53 Å². The maximum atomic E-state index is 12.5. The van der Waals surface area contributed by atoms with Crippen LogP contribution in [0, 0.1) is 0 Å². The zero-order valence-corrected chi connectivity index (χ0v) is 16.0. The lowest BCUT2D eigenvalue weighted by Gasteiger charge is -2.12. The number of aromatic nitrogens is 3. The average Bonchev–Trinajstić information content (AvgIpc) is 3.15. The molecule has 6 nitrogen and oxygen atoms in total. The molecule has 0 fully saturated rings. The minimum absolute atomic E-state index is 0.0408. The highest BCUT2D eigenvalue weighted by Crippen LogP contribution is 2.23. The minimum atomic E-state index is -0.241. The minimum Gasteiger partial charge on any atom is -0.474 e. The van der Waals surface area contributed by atoms with E-state index in [2.05, 4.69) is 15.4 Å². The number of halogens is 1. The van der Waals surface area contributed by atoms with Crippen LogP contribution in [0.5, 0.6) is 5.88 Å². The van der Waals surface area contributed by atoms with Crippen molar-refractivity contribution in [3.05, 3.63) is 76.7 Å². The molecule has 0 aliphatic heterocycles. The van der Waals surface area contributed by atoms with Crippen LogP contribution in [0.15, 0.2) is 55.0 Å². The number of nitrogens with zero attached hydrogens (tertiary/aromatic N) is 3. The molecule has 3 rings (SSSR count). The second kappa shape index (κ2) is 8.68. The Kier molecular flexibility index (Phi) is 6.08. The van der Waals surface area contributed by atoms with E-state index < -0.39 is 0 Å². The molecule has 1 N–H and O–H groups in total. The molecule has 0 saturated carbocycles. The summed E-state index contributed by atoms with van der Waals surface area (Å²) in [7, 11) is 0. The molecule has 0 radical (unpaired) electrons. The smallest absolute Gasteiger partial charge is 0.253 e. The third-order valence-corrected chi connectivity index (χ3v) is 4.14. The standard InChI is InChI=1S/C20H21ClN4O2/c1-14(2)27-20-18(21)10-17(12-23-20)19(26)22-11-15-6-3-4-7-16(15)13-25-9-5-8-24-25/h3-10,12,14H,11,13H2,1-2H3,(H,22,26). The molecule has 2 aromatic heterocycles. The highest BCUT2D eigenvalue weighted by atomic mass is 35.5. The van der Waals surface area contributed by atoms with Gasteiger partial charge >= 0.3 is 0 Å². The molecule has 0 aliphatic carbocycles. The summed E-state index contributed by atoms with van der Waals surface area (Å²) in [5.74, 6) is 0.0853. The first-order valence-electron chi connectivity index (χ1n) is 8.67. The summed E-state index contributed by atoms with van der Waals surface area (Å²) in [5, 5.41) is 7.46. The molecule has 1 aromatic carbocycles. The topological polar surface area (TPSA) is 69.0 Å². The maximum absolute atomic E-state index is 12.5. The molecule has 0 saturated heterocycles. The number of carbonyl (C=O) groups excluding carboxylic acids is 1. The van der Waals surface area contributed by atoms with Gasteiger partial charge in [-0.05, 0) is 37.1 Å². The van der Waals surface area contributed by atoms with E-state index in [1.807, 2.05) is 55.1 Å². The molecule has 3 aromatic rings. The van der Waals surface area contributed by atoms with E-state index in [0.717, 1.165) is 11.1 Å². The Morgan fingerprint density at radius 1 is 1.26 bits per heavy atom. The van der Waals surface area contributed by atoms with Gasteiger partial charge in [0.2, 0.25) is 5.88 Å². The van der Waals surface area contributed by atoms with E-state index >= 15 is 0 Å². The van der Waals surface area contributed by atoms with Crippen LogP contribution in [-0.4, -0.2) is 26.8 Å². The van der Waals surface area contributed by atoms with E-state index in [0.29, 0.717) is 29.6 Å². The fourth-order valence-corrected chi connectivity index (χ4v) is 2.80. The summed E-state index contributed by atoms with van der Waals surface area (Å²) >= 11 is 6.16. The Hall–Kier alpha value is -2.86. The molecule has 140 valence electrons. The zero-order valence-electron chi connectivity index (χ0n) is 15.2. The second-order valence-electron chi connectivity index (χ2n) is 6.33. The monoisotopic (exact) mass is 384 g/mol. The molecule has 7 heteroatoms. The molecule has 0 atom stereocenters. The molecule has 0 bridgehead atoms. The number of benzene rings is 1. The van der Waals surface area contributed by atoms with Gasteiger partial charge in [0.1, 0.15) is 5.02 Å². The summed E-state index contributed by atoms with van der Waals surface area (Å²) < 4.78 is 7.34. The van der Waals surface area contributed by atoms with Crippen molar-refractivity contribution in [3.8, 4) is 5.88 Å². The summed E-state index contributed by atoms with van der Waals surface area (Å²) in [4.78, 5) is 16.6. The number of hydrogen-bond acceptors (Lipinski definition) is 4. The van der Waals surface area contributed by atoms with Crippen LogP contribution >= 0.6 is 11.6 Å². The van der Waals surface area contributed by atoms with E-state index in [-0.39, 0.29) is 12.0 Å². The molecule has 1 amide bonds. The number of hydrogen-bond donors (Lipinski definition) is 1. The summed E-state index contributed by atoms with van der Waals surface area (Å²) in [5.41, 5.74) is 2.51. The van der Waals surface area contributed by atoms with Crippen LogP contribution in [0.4, 0.5) is 0 Å². The van der Waals surface area contributed by atoms with E-state index in [1.54, 1.807) is 12.3 Å². The number of ether oxygens (including phenoxy) is 1. The third-order valence-electron chi connectivity index (χ3n) is 3.87. The number of pyridine rings is 1. The lowest BCUT2D eigenvalue weighted by atomic mass is 10.1. The Morgan fingerprint density at radius 2 is 2.04 bits per heavy atom. The maximum Gasteiger partial charge on any atom is 0.253 e. The van der Waals surface area contributed by atoms with E-state index in [4.69, 9.17) is 16.3 Å². The van der Waals surface area contributed by atoms with Gasteiger partial charge in [0.15, 0.2) is 0 Å². The molecule has 0 unspecified atom stereocenters. The first-order chi connectivity index (χ1) is 13.0. The highest BCUT2D eigenvalue weighted by Gasteiger charge is 2.12. The van der Waals surface area contributed by atoms with Gasteiger partial charge in [-0.2, -0.15) is 5.10 Å². The lowest BCUT2D eigenvalue weighted by molar-refractivity contribution is 0.0950. The van der Waals surface area contributed by atoms with Crippen molar-refractivity contribution in [2.75, 3.05) is 0 Å². The average molecular weight is 385 g/mol. The zero-order chi connectivity index (χ0) is 19.2. The van der Waals surface area contributed by atoms with Crippen molar-refractivity contribution in [2.24, 2.45) is 0 Å². The highest BCUT2D eigenvalue weighted by molar-refractivity contribution is 6.32. The Morgan fingerprint density at radius 3 is 2.70 bits per heavy atom. The molecule has 0 aliphatic rings. The first kappa shape index (κ1) is 18.9. The fourth-order valence-electron chi connectivity index (χ4n) is 2.59. The number of carbonyl (C=O) groups is 1. The summed E-state index contributed by atoms with van der Waals surface area (Å²) in [6.07, 6.45) is 5.08. The number of rotatable bonds is 7. The van der Waals surface area contributed by atoms with Gasteiger partial charge in [-0.25, -0.2) is 4.98 Å². The predicted octanol–water partition coefficient (Wildman–Crippen LogP) is 3.70. The van der Waals surface area contributed by atoms with Crippen LogP contribution in [0.2, 0.25) is 5.02 Å². The third kappa shape index (κ3) is 5.08. The molecule has 0 spiro atoms. The molecule has 2 heterocycles. The van der Waals surface area contributed by atoms with Gasteiger partial charge < -0.3 is 10.1 Å². The fraction of sp³-hybridized carbons (Fsp3) is 0.250. The van der Waals surface area contributed by atoms with Gasteiger partial charge in [-0.1, -0.05) is 35.9 Å².